The minimum Gasteiger partial charge on any atom is -0.369 e. The fourth-order valence-corrected chi connectivity index (χ4v) is 6.47. The third kappa shape index (κ3) is 4.48. The van der Waals surface area contributed by atoms with Gasteiger partial charge in [-0.2, -0.15) is 0 Å². The van der Waals surface area contributed by atoms with Gasteiger partial charge in [0, 0.05) is 33.5 Å². The monoisotopic (exact) mass is 574 g/mol. The van der Waals surface area contributed by atoms with Crippen LogP contribution in [-0.4, -0.2) is 41.5 Å². The van der Waals surface area contributed by atoms with Gasteiger partial charge in [0.2, 0.25) is 16.0 Å². The lowest BCUT2D eigenvalue weighted by Gasteiger charge is -2.34. The number of rotatable bonds is 4. The Balaban J connectivity index is 1.44. The molecule has 2 aromatic carbocycles. The van der Waals surface area contributed by atoms with Gasteiger partial charge in [-0.15, -0.1) is 11.3 Å². The normalized spacial score (nSPS) is 19.5. The van der Waals surface area contributed by atoms with Crippen LogP contribution >= 0.6 is 27.3 Å². The fraction of sp³-hybridized carbons (Fsp3) is 0.174. The lowest BCUT2D eigenvalue weighted by molar-refractivity contribution is 0.458. The van der Waals surface area contributed by atoms with Crippen LogP contribution in [0, 0.1) is 5.82 Å². The molecule has 3 N–H and O–H groups in total. The molecule has 0 aliphatic carbocycles. The van der Waals surface area contributed by atoms with Gasteiger partial charge < -0.3 is 11.1 Å². The predicted octanol–water partition coefficient (Wildman–Crippen LogP) is 4.81. The first-order valence-electron chi connectivity index (χ1n) is 10.5. The van der Waals surface area contributed by atoms with Crippen molar-refractivity contribution in [2.45, 2.75) is 12.5 Å². The van der Waals surface area contributed by atoms with E-state index in [1.165, 1.54) is 24.5 Å². The number of anilines is 2. The van der Waals surface area contributed by atoms with E-state index in [9.17, 15) is 12.8 Å². The summed E-state index contributed by atoms with van der Waals surface area (Å²) >= 11 is 4.84. The maximum absolute atomic E-state index is 14.8. The molecule has 1 aliphatic heterocycles. The molecule has 5 rings (SSSR count). The first-order valence-corrected chi connectivity index (χ1v) is 13.7. The Morgan fingerprint density at radius 2 is 1.94 bits per heavy atom. The minimum absolute atomic E-state index is 0.126. The van der Waals surface area contributed by atoms with E-state index in [-0.39, 0.29) is 11.5 Å². The molecule has 0 saturated heterocycles. The van der Waals surface area contributed by atoms with Crippen LogP contribution in [-0.2, 0) is 15.6 Å². The fourth-order valence-electron chi connectivity index (χ4n) is 3.92. The highest BCUT2D eigenvalue weighted by Gasteiger charge is 2.41. The summed E-state index contributed by atoms with van der Waals surface area (Å²) in [4.78, 5) is 13.6. The molecule has 0 fully saturated rings. The number of sulfonamides is 1. The molecular formula is C23H20BrFN6O2S2. The third-order valence-corrected chi connectivity index (χ3v) is 8.98. The maximum atomic E-state index is 14.8. The van der Waals surface area contributed by atoms with E-state index >= 15 is 0 Å². The number of thiazole rings is 1. The average molecular weight is 575 g/mol. The van der Waals surface area contributed by atoms with Crippen molar-refractivity contribution in [3.63, 3.8) is 0 Å². The van der Waals surface area contributed by atoms with Gasteiger partial charge in [0.1, 0.15) is 17.1 Å². The van der Waals surface area contributed by atoms with Crippen LogP contribution in [0.15, 0.2) is 63.4 Å². The molecule has 1 atom stereocenters. The molecule has 0 radical (unpaired) electrons. The highest BCUT2D eigenvalue weighted by atomic mass is 79.9. The molecule has 1 aliphatic rings. The molecule has 2 aromatic heterocycles. The summed E-state index contributed by atoms with van der Waals surface area (Å²) in [5.74, 6) is -1.15. The summed E-state index contributed by atoms with van der Waals surface area (Å²) in [5, 5.41) is 6.65. The van der Waals surface area contributed by atoms with Gasteiger partial charge in [-0.1, -0.05) is 22.0 Å². The van der Waals surface area contributed by atoms with E-state index in [1.54, 1.807) is 19.1 Å². The average Bonchev–Trinajstić information content (AvgIpc) is 3.26. The van der Waals surface area contributed by atoms with Crippen LogP contribution in [0.5, 0.6) is 0 Å². The van der Waals surface area contributed by atoms with Crippen molar-refractivity contribution in [3.8, 4) is 11.4 Å². The van der Waals surface area contributed by atoms with Crippen molar-refractivity contribution in [1.29, 1.82) is 0 Å². The zero-order valence-corrected chi connectivity index (χ0v) is 21.9. The van der Waals surface area contributed by atoms with Gasteiger partial charge in [0.05, 0.1) is 17.0 Å². The Morgan fingerprint density at radius 1 is 1.14 bits per heavy atom. The number of aromatic nitrogens is 2. The molecule has 3 heterocycles. The van der Waals surface area contributed by atoms with Crippen LogP contribution in [0.1, 0.15) is 12.5 Å². The Labute approximate surface area is 213 Å². The van der Waals surface area contributed by atoms with Gasteiger partial charge in [-0.05, 0) is 49.4 Å². The molecule has 12 heteroatoms. The van der Waals surface area contributed by atoms with Gasteiger partial charge in [0.25, 0.3) is 0 Å². The van der Waals surface area contributed by atoms with Crippen molar-refractivity contribution < 1.29 is 12.8 Å². The Kier molecular flexibility index (Phi) is 5.77. The highest BCUT2D eigenvalue weighted by molar-refractivity contribution is 9.10. The molecule has 35 heavy (non-hydrogen) atoms. The molecule has 0 spiro atoms. The number of pyridine rings is 1. The van der Waals surface area contributed by atoms with Crippen molar-refractivity contribution in [3.05, 3.63) is 69.8 Å². The molecule has 0 amide bonds. The third-order valence-electron chi connectivity index (χ3n) is 5.78. The molecule has 0 saturated carbocycles. The Bertz CT molecular complexity index is 1610. The quantitative estimate of drug-likeness (QED) is 0.361. The smallest absolute Gasteiger partial charge is 0.239 e. The summed E-state index contributed by atoms with van der Waals surface area (Å²) in [7, 11) is -2.40. The van der Waals surface area contributed by atoms with E-state index in [0.29, 0.717) is 16.5 Å². The first kappa shape index (κ1) is 23.6. The second-order valence-corrected chi connectivity index (χ2v) is 12.1. The summed E-state index contributed by atoms with van der Waals surface area (Å²) in [6, 6.07) is 14.2. The standard InChI is InChI=1S/C23H20BrFN6O2S2/c1-23(12-35(32,33)31(2)21(26)30-23)16-10-15(5-6-17(16)25)27-22-29-20(11-34-22)19-7-3-13-9-14(24)4-8-18(13)28-19/h3-11H,12H2,1-2H3,(H2,26,30)(H,27,29)/t23-/m0/s1. The second kappa shape index (κ2) is 8.54. The molecule has 180 valence electrons. The minimum atomic E-state index is -3.73. The number of aliphatic imine (C=N–C) groups is 1. The van der Waals surface area contributed by atoms with Gasteiger partial charge in [0.15, 0.2) is 5.13 Å². The van der Waals surface area contributed by atoms with Crippen LogP contribution in [0.2, 0.25) is 0 Å². The van der Waals surface area contributed by atoms with E-state index in [1.807, 2.05) is 35.7 Å². The molecule has 0 bridgehead atoms. The number of nitrogens with one attached hydrogen (secondary N) is 1. The van der Waals surface area contributed by atoms with Crippen molar-refractivity contribution in [1.82, 2.24) is 14.3 Å². The van der Waals surface area contributed by atoms with Gasteiger partial charge >= 0.3 is 0 Å². The largest absolute Gasteiger partial charge is 0.369 e. The number of halogens is 2. The molecular weight excluding hydrogens is 555 g/mol. The van der Waals surface area contributed by atoms with Crippen LogP contribution in [0.25, 0.3) is 22.3 Å². The maximum Gasteiger partial charge on any atom is 0.239 e. The van der Waals surface area contributed by atoms with Crippen molar-refractivity contribution in [2.24, 2.45) is 10.7 Å². The number of nitrogens with zero attached hydrogens (tertiary/aromatic N) is 4. The van der Waals surface area contributed by atoms with Crippen LogP contribution < -0.4 is 11.1 Å². The van der Waals surface area contributed by atoms with E-state index in [0.717, 1.165) is 25.4 Å². The lowest BCUT2D eigenvalue weighted by Crippen LogP contribution is -2.50. The first-order chi connectivity index (χ1) is 16.5. The zero-order chi connectivity index (χ0) is 25.0. The zero-order valence-electron chi connectivity index (χ0n) is 18.7. The van der Waals surface area contributed by atoms with Crippen LogP contribution in [0.3, 0.4) is 0 Å². The number of guanidine groups is 1. The van der Waals surface area contributed by atoms with Crippen LogP contribution in [0.4, 0.5) is 15.2 Å². The molecule has 8 nitrogen and oxygen atoms in total. The van der Waals surface area contributed by atoms with E-state index < -0.39 is 27.1 Å². The van der Waals surface area contributed by atoms with Crippen molar-refractivity contribution >= 4 is 65.0 Å². The number of benzene rings is 2. The summed E-state index contributed by atoms with van der Waals surface area (Å²) < 4.78 is 41.7. The van der Waals surface area contributed by atoms with E-state index in [2.05, 4.69) is 36.2 Å². The summed E-state index contributed by atoms with van der Waals surface area (Å²) in [5.41, 5.74) is 7.42. The second-order valence-electron chi connectivity index (χ2n) is 8.36. The Hall–Kier alpha value is -3.09. The topological polar surface area (TPSA) is 114 Å². The van der Waals surface area contributed by atoms with E-state index in [4.69, 9.17) is 5.73 Å². The predicted molar refractivity (Wildman–Crippen MR) is 141 cm³/mol. The number of nitrogens with two attached hydrogens (primary N) is 1. The summed E-state index contributed by atoms with van der Waals surface area (Å²) in [6.07, 6.45) is 0. The Morgan fingerprint density at radius 3 is 2.71 bits per heavy atom. The number of hydrogen-bond acceptors (Lipinski definition) is 8. The number of hydrogen-bond donors (Lipinski definition) is 2. The lowest BCUT2D eigenvalue weighted by atomic mass is 9.93. The molecule has 4 aromatic rings. The van der Waals surface area contributed by atoms with Gasteiger partial charge in [-0.25, -0.2) is 32.1 Å². The number of fused-ring (bicyclic) bond motifs is 1. The van der Waals surface area contributed by atoms with Gasteiger partial charge in [-0.3, -0.25) is 0 Å². The molecule has 0 unspecified atom stereocenters. The summed E-state index contributed by atoms with van der Waals surface area (Å²) in [6.45, 7) is 1.55. The van der Waals surface area contributed by atoms with Crippen molar-refractivity contribution in [2.75, 3.05) is 18.1 Å². The SMILES string of the molecule is CN1C(N)=N[C@](C)(c2cc(Nc3nc(-c4ccc5cc(Br)ccc5n4)cs3)ccc2F)CS1(=O)=O. The highest BCUT2D eigenvalue weighted by Crippen LogP contribution is 2.36.